The van der Waals surface area contributed by atoms with E-state index in [9.17, 15) is 4.79 Å². The van der Waals surface area contributed by atoms with Gasteiger partial charge in [0.15, 0.2) is 5.52 Å². The van der Waals surface area contributed by atoms with Crippen LogP contribution in [-0.2, 0) is 0 Å². The fraction of sp³-hybridized carbons (Fsp3) is 0.435. The van der Waals surface area contributed by atoms with Crippen LogP contribution < -0.4 is 14.8 Å². The third-order valence-electron chi connectivity index (χ3n) is 4.43. The van der Waals surface area contributed by atoms with Crippen LogP contribution in [0.15, 0.2) is 36.4 Å². The van der Waals surface area contributed by atoms with Crippen molar-refractivity contribution in [3.8, 4) is 11.5 Å². The summed E-state index contributed by atoms with van der Waals surface area (Å²) >= 11 is 0. The monoisotopic (exact) mass is 393 g/mol. The van der Waals surface area contributed by atoms with Gasteiger partial charge in [-0.1, -0.05) is 44.9 Å². The number of aryl methyl sites for hydroxylation is 2. The van der Waals surface area contributed by atoms with E-state index in [1.54, 1.807) is 0 Å². The Kier molecular flexibility index (Phi) is 11.5. The first-order valence-corrected chi connectivity index (χ1v) is 10.8. The molecule has 5 heteroatoms. The molecule has 0 aliphatic carbocycles. The fourth-order valence-electron chi connectivity index (χ4n) is 2.83. The Balaban J connectivity index is 0.00000392. The van der Waals surface area contributed by atoms with Crippen LogP contribution in [0.3, 0.4) is 0 Å². The molecule has 147 valence electrons. The Morgan fingerprint density at radius 1 is 0.929 bits per heavy atom. The number of benzene rings is 2. The van der Waals surface area contributed by atoms with Crippen molar-refractivity contribution in [1.82, 2.24) is 0 Å². The molecule has 0 bridgehead atoms. The first-order chi connectivity index (χ1) is 13.1. The maximum atomic E-state index is 13.0. The van der Waals surface area contributed by atoms with E-state index in [2.05, 4.69) is 13.8 Å². The Morgan fingerprint density at radius 3 is 2.14 bits per heavy atom. The molecule has 0 amide bonds. The van der Waals surface area contributed by atoms with Gasteiger partial charge in [-0.25, -0.2) is 0 Å². The predicted molar refractivity (Wildman–Crippen MR) is 121 cm³/mol. The van der Waals surface area contributed by atoms with Gasteiger partial charge in [-0.15, -0.1) is 0 Å². The van der Waals surface area contributed by atoms with Crippen molar-refractivity contribution in [2.45, 2.75) is 53.4 Å². The Morgan fingerprint density at radius 2 is 1.54 bits per heavy atom. The first-order valence-electron chi connectivity index (χ1n) is 9.84. The van der Waals surface area contributed by atoms with Crippen LogP contribution >= 0.6 is 8.58 Å². The molecule has 0 N–H and O–H groups in total. The van der Waals surface area contributed by atoms with Crippen molar-refractivity contribution in [3.05, 3.63) is 53.1 Å². The first kappa shape index (κ1) is 24.8. The van der Waals surface area contributed by atoms with Gasteiger partial charge in [0.05, 0.1) is 13.2 Å². The molecule has 0 aliphatic heterocycles. The number of rotatable bonds is 11. The quantitative estimate of drug-likeness (QED) is 0.290. The summed E-state index contributed by atoms with van der Waals surface area (Å²) in [5.41, 5.74) is 3.05. The van der Waals surface area contributed by atoms with E-state index in [-0.39, 0.29) is 33.0 Å². The van der Waals surface area contributed by atoms with Gasteiger partial charge < -0.3 is 9.47 Å². The Hall–Kier alpha value is -1.26. The summed E-state index contributed by atoms with van der Waals surface area (Å²) in [5.74, 6) is 1.58. The molecule has 2 aromatic carbocycles. The van der Waals surface area contributed by atoms with Crippen LogP contribution in [0.25, 0.3) is 0 Å². The number of hydrogen-bond acceptors (Lipinski definition) is 3. The second kappa shape index (κ2) is 13.1. The van der Waals surface area contributed by atoms with Crippen molar-refractivity contribution in [1.29, 1.82) is 0 Å². The van der Waals surface area contributed by atoms with E-state index in [0.717, 1.165) is 59.2 Å². The third-order valence-corrected chi connectivity index (χ3v) is 5.59. The minimum atomic E-state index is 0. The summed E-state index contributed by atoms with van der Waals surface area (Å²) in [6.07, 6.45) is 4.20. The zero-order chi connectivity index (χ0) is 19.6. The second-order valence-corrected chi connectivity index (χ2v) is 8.03. The van der Waals surface area contributed by atoms with Crippen LogP contribution in [-0.4, -0.2) is 37.6 Å². The van der Waals surface area contributed by atoms with Crippen LogP contribution in [0.1, 0.15) is 61.0 Å². The number of hydrogen-bond donors (Lipinski definition) is 0. The molecule has 0 spiro atoms. The molecular formula is C23H31LiO3P. The van der Waals surface area contributed by atoms with Gasteiger partial charge in [0.25, 0.3) is 0 Å². The normalized spacial score (nSPS) is 10.7. The van der Waals surface area contributed by atoms with E-state index in [1.165, 1.54) is 0 Å². The van der Waals surface area contributed by atoms with Crippen LogP contribution in [0.4, 0.5) is 0 Å². The number of unbranched alkanes of at least 4 members (excludes halogenated alkanes) is 2. The molecule has 0 aromatic heterocycles. The predicted octanol–water partition coefficient (Wildman–Crippen LogP) is 5.42. The summed E-state index contributed by atoms with van der Waals surface area (Å²) in [6.45, 7) is 9.63. The van der Waals surface area contributed by atoms with Gasteiger partial charge in [0.2, 0.25) is 0 Å². The molecule has 2 rings (SSSR count). The van der Waals surface area contributed by atoms with Gasteiger partial charge >= 0.3 is 0 Å². The van der Waals surface area contributed by atoms with Gasteiger partial charge in [-0.2, -0.15) is 0 Å². The van der Waals surface area contributed by atoms with Crippen molar-refractivity contribution >= 4 is 38.3 Å². The average molecular weight is 393 g/mol. The molecule has 2 aromatic rings. The molecule has 28 heavy (non-hydrogen) atoms. The summed E-state index contributed by atoms with van der Waals surface area (Å²) < 4.78 is 11.8. The number of carbonyl (C=O) groups excluding carboxylic acids is 1. The molecule has 3 nitrogen and oxygen atoms in total. The van der Waals surface area contributed by atoms with E-state index < -0.39 is 0 Å². The topological polar surface area (TPSA) is 35.5 Å². The van der Waals surface area contributed by atoms with E-state index in [1.807, 2.05) is 50.2 Å². The summed E-state index contributed by atoms with van der Waals surface area (Å²) in [7, 11) is 0.0385. The maximum Gasteiger partial charge on any atom is 0.186 e. The van der Waals surface area contributed by atoms with Crippen molar-refractivity contribution in [3.63, 3.8) is 0 Å². The smallest absolute Gasteiger partial charge is 0.186 e. The number of carbonyl (C=O) groups is 1. The molecule has 1 radical (unpaired) electrons. The molecule has 1 unspecified atom stereocenters. The molecule has 0 aliphatic rings. The summed E-state index contributed by atoms with van der Waals surface area (Å²) in [4.78, 5) is 13.0. The SMILES string of the molecule is CCCCOc1ccc(PC(=O)c2c(C)cccc2C)c(OCCCC)c1.[Li]. The molecular weight excluding hydrogens is 362 g/mol. The van der Waals surface area contributed by atoms with E-state index in [0.29, 0.717) is 13.2 Å². The van der Waals surface area contributed by atoms with Crippen LogP contribution in [0, 0.1) is 13.8 Å². The number of ether oxygens (including phenoxy) is 2. The maximum absolute atomic E-state index is 13.0. The van der Waals surface area contributed by atoms with Gasteiger partial charge in [-0.05, 0) is 58.5 Å². The zero-order valence-corrected chi connectivity index (χ0v) is 18.9. The molecule has 0 heterocycles. The molecule has 1 atom stereocenters. The van der Waals surface area contributed by atoms with Gasteiger partial charge in [0.1, 0.15) is 11.5 Å². The average Bonchev–Trinajstić information content (AvgIpc) is 2.64. The largest absolute Gasteiger partial charge is 0.493 e. The van der Waals surface area contributed by atoms with Crippen LogP contribution in [0.5, 0.6) is 11.5 Å². The zero-order valence-electron chi connectivity index (χ0n) is 17.9. The van der Waals surface area contributed by atoms with E-state index >= 15 is 0 Å². The second-order valence-electron chi connectivity index (χ2n) is 6.78. The standard InChI is InChI=1S/C23H31O3P.Li/c1-5-7-14-25-19-12-13-21(20(16-19)26-15-8-6-2)27-23(24)22-17(3)10-9-11-18(22)4;/h9-13,16,27H,5-8,14-15H2,1-4H3;. The minimum Gasteiger partial charge on any atom is -0.493 e. The fourth-order valence-corrected chi connectivity index (χ4v) is 4.03. The molecule has 0 saturated carbocycles. The van der Waals surface area contributed by atoms with Crippen molar-refractivity contribution in [2.75, 3.05) is 13.2 Å². The van der Waals surface area contributed by atoms with Gasteiger partial charge in [0, 0.05) is 35.8 Å². The van der Waals surface area contributed by atoms with Crippen LogP contribution in [0.2, 0.25) is 0 Å². The summed E-state index contributed by atoms with van der Waals surface area (Å²) in [6, 6.07) is 11.8. The minimum absolute atomic E-state index is 0. The van der Waals surface area contributed by atoms with Gasteiger partial charge in [-0.3, -0.25) is 4.79 Å². The summed E-state index contributed by atoms with van der Waals surface area (Å²) in [5, 5.41) is 0.946. The van der Waals surface area contributed by atoms with Crippen molar-refractivity contribution in [2.24, 2.45) is 0 Å². The Labute approximate surface area is 183 Å². The third kappa shape index (κ3) is 7.29. The Bertz CT molecular complexity index is 741. The van der Waals surface area contributed by atoms with Crippen molar-refractivity contribution < 1.29 is 14.3 Å². The van der Waals surface area contributed by atoms with E-state index in [4.69, 9.17) is 9.47 Å². The molecule has 0 saturated heterocycles. The molecule has 0 fully saturated rings.